The predicted octanol–water partition coefficient (Wildman–Crippen LogP) is 4.22. The third-order valence-corrected chi connectivity index (χ3v) is 7.49. The number of fused-ring (bicyclic) bond motifs is 1. The molecular formula is C26H25N3O4S. The van der Waals surface area contributed by atoms with Gasteiger partial charge in [-0.2, -0.15) is 5.26 Å². The maximum Gasteiger partial charge on any atom is 0.264 e. The summed E-state index contributed by atoms with van der Waals surface area (Å²) >= 11 is 0. The quantitative estimate of drug-likeness (QED) is 0.552. The molecular weight excluding hydrogens is 450 g/mol. The number of rotatable bonds is 7. The third kappa shape index (κ3) is 5.05. The standard InChI is InChI=1S/C26H25N3O4S/c1-19-17-23(34(31,32)29-16-4-6-21-5-2-3-7-24(21)29)12-13-25(19)33-18-26(30)28-22-10-8-20(9-11-22)14-15-27/h2-3,5,7-13,17H,4,6,14,16,18H2,1H3,(H,28,30). The van der Waals surface area contributed by atoms with E-state index in [1.54, 1.807) is 43.3 Å². The van der Waals surface area contributed by atoms with Crippen LogP contribution in [0.2, 0.25) is 0 Å². The normalized spacial score (nSPS) is 13.0. The van der Waals surface area contributed by atoms with Crippen LogP contribution >= 0.6 is 0 Å². The molecule has 1 amide bonds. The van der Waals surface area contributed by atoms with Crippen LogP contribution in [0.5, 0.6) is 5.75 Å². The summed E-state index contributed by atoms with van der Waals surface area (Å²) in [5.41, 5.74) is 3.86. The Morgan fingerprint density at radius 1 is 1.12 bits per heavy atom. The highest BCUT2D eigenvalue weighted by Crippen LogP contribution is 2.33. The van der Waals surface area contributed by atoms with Crippen molar-refractivity contribution in [3.05, 3.63) is 83.4 Å². The average molecular weight is 476 g/mol. The van der Waals surface area contributed by atoms with E-state index in [4.69, 9.17) is 10.00 Å². The number of para-hydroxylation sites is 1. The van der Waals surface area contributed by atoms with Crippen molar-refractivity contribution in [1.29, 1.82) is 5.26 Å². The lowest BCUT2D eigenvalue weighted by atomic mass is 10.0. The summed E-state index contributed by atoms with van der Waals surface area (Å²) in [4.78, 5) is 12.5. The number of ether oxygens (including phenoxy) is 1. The number of benzene rings is 3. The van der Waals surface area contributed by atoms with Gasteiger partial charge in [-0.3, -0.25) is 9.10 Å². The van der Waals surface area contributed by atoms with E-state index in [0.717, 1.165) is 29.7 Å². The average Bonchev–Trinajstić information content (AvgIpc) is 2.84. The minimum Gasteiger partial charge on any atom is -0.483 e. The maximum absolute atomic E-state index is 13.4. The molecule has 0 bridgehead atoms. The van der Waals surface area contributed by atoms with Crippen molar-refractivity contribution in [3.8, 4) is 11.8 Å². The molecule has 1 N–H and O–H groups in total. The van der Waals surface area contributed by atoms with Gasteiger partial charge in [-0.1, -0.05) is 30.3 Å². The monoisotopic (exact) mass is 475 g/mol. The summed E-state index contributed by atoms with van der Waals surface area (Å²) in [5, 5.41) is 11.5. The van der Waals surface area contributed by atoms with Crippen LogP contribution in [0.4, 0.5) is 11.4 Å². The molecule has 34 heavy (non-hydrogen) atoms. The minimum atomic E-state index is -3.72. The lowest BCUT2D eigenvalue weighted by Gasteiger charge is -2.30. The van der Waals surface area contributed by atoms with Crippen molar-refractivity contribution >= 4 is 27.3 Å². The SMILES string of the molecule is Cc1cc(S(=O)(=O)N2CCCc3ccccc32)ccc1OCC(=O)Nc1ccc(CC#N)cc1. The molecule has 7 nitrogen and oxygen atoms in total. The summed E-state index contributed by atoms with van der Waals surface area (Å²) in [7, 11) is -3.72. The van der Waals surface area contributed by atoms with Crippen molar-refractivity contribution in [2.24, 2.45) is 0 Å². The predicted molar refractivity (Wildman–Crippen MR) is 130 cm³/mol. The van der Waals surface area contributed by atoms with Gasteiger partial charge in [-0.15, -0.1) is 0 Å². The molecule has 1 aliphatic heterocycles. The highest BCUT2D eigenvalue weighted by Gasteiger charge is 2.29. The second kappa shape index (κ2) is 9.98. The van der Waals surface area contributed by atoms with Crippen molar-refractivity contribution in [2.75, 3.05) is 22.8 Å². The first kappa shape index (κ1) is 23.3. The molecule has 0 atom stereocenters. The first-order valence-electron chi connectivity index (χ1n) is 11.0. The molecule has 0 fully saturated rings. The van der Waals surface area contributed by atoms with Crippen molar-refractivity contribution in [2.45, 2.75) is 31.1 Å². The number of carbonyl (C=O) groups is 1. The Hall–Kier alpha value is -3.83. The van der Waals surface area contributed by atoms with Gasteiger partial charge in [-0.05, 0) is 72.9 Å². The van der Waals surface area contributed by atoms with Gasteiger partial charge in [0, 0.05) is 12.2 Å². The van der Waals surface area contributed by atoms with Gasteiger partial charge in [0.1, 0.15) is 5.75 Å². The minimum absolute atomic E-state index is 0.191. The smallest absolute Gasteiger partial charge is 0.264 e. The lowest BCUT2D eigenvalue weighted by molar-refractivity contribution is -0.118. The van der Waals surface area contributed by atoms with Gasteiger partial charge >= 0.3 is 0 Å². The van der Waals surface area contributed by atoms with Crippen LogP contribution in [0.15, 0.2) is 71.6 Å². The van der Waals surface area contributed by atoms with Crippen LogP contribution in [0.25, 0.3) is 0 Å². The molecule has 1 heterocycles. The summed E-state index contributed by atoms with van der Waals surface area (Å²) in [6, 6.07) is 21.3. The number of amides is 1. The summed E-state index contributed by atoms with van der Waals surface area (Å²) in [6.07, 6.45) is 1.94. The third-order valence-electron chi connectivity index (χ3n) is 5.68. The highest BCUT2D eigenvalue weighted by molar-refractivity contribution is 7.92. The lowest BCUT2D eigenvalue weighted by Crippen LogP contribution is -2.35. The van der Waals surface area contributed by atoms with E-state index >= 15 is 0 Å². The molecule has 174 valence electrons. The Labute approximate surface area is 199 Å². The first-order chi connectivity index (χ1) is 16.4. The van der Waals surface area contributed by atoms with Crippen molar-refractivity contribution in [3.63, 3.8) is 0 Å². The van der Waals surface area contributed by atoms with E-state index in [-0.39, 0.29) is 17.4 Å². The molecule has 0 aromatic heterocycles. The van der Waals surface area contributed by atoms with Gasteiger partial charge in [0.2, 0.25) is 0 Å². The molecule has 0 aliphatic carbocycles. The van der Waals surface area contributed by atoms with E-state index in [0.29, 0.717) is 30.0 Å². The summed E-state index contributed by atoms with van der Waals surface area (Å²) < 4.78 is 33.8. The molecule has 0 spiro atoms. The Bertz CT molecular complexity index is 1350. The molecule has 3 aromatic carbocycles. The molecule has 4 rings (SSSR count). The first-order valence-corrected chi connectivity index (χ1v) is 12.4. The van der Waals surface area contributed by atoms with Gasteiger partial charge in [0.05, 0.1) is 23.1 Å². The van der Waals surface area contributed by atoms with Crippen LogP contribution in [-0.4, -0.2) is 27.5 Å². The Kier molecular flexibility index (Phi) is 6.85. The second-order valence-corrected chi connectivity index (χ2v) is 9.97. The van der Waals surface area contributed by atoms with Crippen LogP contribution < -0.4 is 14.4 Å². The van der Waals surface area contributed by atoms with E-state index in [1.807, 2.05) is 24.3 Å². The zero-order chi connectivity index (χ0) is 24.1. The molecule has 0 radical (unpaired) electrons. The van der Waals surface area contributed by atoms with Gasteiger partial charge in [-0.25, -0.2) is 8.42 Å². The van der Waals surface area contributed by atoms with Crippen LogP contribution in [-0.2, 0) is 27.7 Å². The van der Waals surface area contributed by atoms with E-state index in [9.17, 15) is 13.2 Å². The van der Waals surface area contributed by atoms with Crippen LogP contribution in [0, 0.1) is 18.3 Å². The highest BCUT2D eigenvalue weighted by atomic mass is 32.2. The zero-order valence-electron chi connectivity index (χ0n) is 18.8. The zero-order valence-corrected chi connectivity index (χ0v) is 19.6. The van der Waals surface area contributed by atoms with E-state index in [1.165, 1.54) is 10.4 Å². The molecule has 0 unspecified atom stereocenters. The van der Waals surface area contributed by atoms with E-state index in [2.05, 4.69) is 11.4 Å². The number of carbonyl (C=O) groups excluding carboxylic acids is 1. The van der Waals surface area contributed by atoms with Gasteiger partial charge in [0.25, 0.3) is 15.9 Å². The molecule has 8 heteroatoms. The summed E-state index contributed by atoms with van der Waals surface area (Å²) in [5.74, 6) is 0.103. The number of hydrogen-bond acceptors (Lipinski definition) is 5. The number of nitrogens with zero attached hydrogens (tertiary/aromatic N) is 2. The number of anilines is 2. The number of nitriles is 1. The molecule has 1 aliphatic rings. The van der Waals surface area contributed by atoms with Crippen molar-refractivity contribution < 1.29 is 17.9 Å². The Balaban J connectivity index is 1.42. The molecule has 3 aromatic rings. The summed E-state index contributed by atoms with van der Waals surface area (Å²) in [6.45, 7) is 1.98. The van der Waals surface area contributed by atoms with Crippen molar-refractivity contribution in [1.82, 2.24) is 0 Å². The van der Waals surface area contributed by atoms with Gasteiger partial charge in [0.15, 0.2) is 6.61 Å². The molecule has 0 saturated carbocycles. The van der Waals surface area contributed by atoms with Crippen LogP contribution in [0.1, 0.15) is 23.1 Å². The van der Waals surface area contributed by atoms with Crippen LogP contribution in [0.3, 0.4) is 0 Å². The number of aryl methyl sites for hydroxylation is 2. The number of sulfonamides is 1. The maximum atomic E-state index is 13.4. The largest absolute Gasteiger partial charge is 0.483 e. The Morgan fingerprint density at radius 3 is 2.62 bits per heavy atom. The van der Waals surface area contributed by atoms with E-state index < -0.39 is 10.0 Å². The number of hydrogen-bond donors (Lipinski definition) is 1. The fourth-order valence-electron chi connectivity index (χ4n) is 3.96. The number of nitrogens with one attached hydrogen (secondary N) is 1. The topological polar surface area (TPSA) is 99.5 Å². The second-order valence-electron chi connectivity index (χ2n) is 8.11. The fraction of sp³-hybridized carbons (Fsp3) is 0.231. The van der Waals surface area contributed by atoms with Gasteiger partial charge < -0.3 is 10.1 Å². The fourth-order valence-corrected chi connectivity index (χ4v) is 5.58. The Morgan fingerprint density at radius 2 is 1.88 bits per heavy atom. The molecule has 0 saturated heterocycles.